The molecule has 0 spiro atoms. The Hall–Kier alpha value is -3.66. The fraction of sp³-hybridized carbons (Fsp3) is 0.320. The highest BCUT2D eigenvalue weighted by Gasteiger charge is 2.33. The lowest BCUT2D eigenvalue weighted by Gasteiger charge is -2.30. The molecule has 1 aliphatic carbocycles. The third-order valence-corrected chi connectivity index (χ3v) is 8.02. The molecular formula is C25H28N4O5S. The van der Waals surface area contributed by atoms with Crippen LogP contribution in [0.4, 0.5) is 11.5 Å². The third kappa shape index (κ3) is 5.37. The second-order valence-corrected chi connectivity index (χ2v) is 10.8. The number of aromatic amines is 1. The second-order valence-electron chi connectivity index (χ2n) is 8.65. The van der Waals surface area contributed by atoms with Crippen molar-refractivity contribution in [3.63, 3.8) is 0 Å². The molecule has 1 heterocycles. The van der Waals surface area contributed by atoms with E-state index >= 15 is 0 Å². The standard InChI is InChI=1S/C25H28N4O5S/c26-23-22(24(31)27-25(32)28(23)17-18-9-3-1-4-10-18)29(19-11-7-8-12-19)21(30)15-16-35(33,34)20-13-5-2-6-14-20/h1-6,9-10,13-14,19H,7-8,11-12,15-17,26H2,(H,27,31,32). The van der Waals surface area contributed by atoms with Crippen molar-refractivity contribution in [1.82, 2.24) is 9.55 Å². The van der Waals surface area contributed by atoms with Crippen molar-refractivity contribution < 1.29 is 13.2 Å². The summed E-state index contributed by atoms with van der Waals surface area (Å²) in [4.78, 5) is 42.7. The highest BCUT2D eigenvalue weighted by molar-refractivity contribution is 7.91. The normalized spacial score (nSPS) is 14.2. The summed E-state index contributed by atoms with van der Waals surface area (Å²) in [7, 11) is -3.69. The van der Waals surface area contributed by atoms with E-state index in [4.69, 9.17) is 5.73 Å². The van der Waals surface area contributed by atoms with Crippen molar-refractivity contribution in [2.45, 2.75) is 49.6 Å². The fourth-order valence-corrected chi connectivity index (χ4v) is 5.75. The molecule has 2 aromatic carbocycles. The van der Waals surface area contributed by atoms with Crippen molar-refractivity contribution in [2.24, 2.45) is 0 Å². The van der Waals surface area contributed by atoms with Gasteiger partial charge in [-0.05, 0) is 30.5 Å². The van der Waals surface area contributed by atoms with Gasteiger partial charge in [-0.25, -0.2) is 13.2 Å². The number of nitrogens with two attached hydrogens (primary N) is 1. The summed E-state index contributed by atoms with van der Waals surface area (Å²) in [6.07, 6.45) is 2.75. The zero-order chi connectivity index (χ0) is 25.0. The number of amides is 1. The minimum atomic E-state index is -3.69. The van der Waals surface area contributed by atoms with Crippen LogP contribution in [0.2, 0.25) is 0 Å². The first-order chi connectivity index (χ1) is 16.8. The fourth-order valence-electron chi connectivity index (χ4n) is 4.49. The van der Waals surface area contributed by atoms with Gasteiger partial charge in [-0.2, -0.15) is 0 Å². The SMILES string of the molecule is Nc1c(N(C(=O)CCS(=O)(=O)c2ccccc2)C2CCCC2)c(=O)[nH]c(=O)n1Cc1ccccc1. The van der Waals surface area contributed by atoms with Gasteiger partial charge in [0.15, 0.2) is 15.5 Å². The van der Waals surface area contributed by atoms with E-state index in [0.29, 0.717) is 12.8 Å². The first kappa shape index (κ1) is 24.5. The molecule has 3 aromatic rings. The van der Waals surface area contributed by atoms with Crippen molar-refractivity contribution in [1.29, 1.82) is 0 Å². The molecule has 4 rings (SSSR count). The molecule has 0 bridgehead atoms. The maximum atomic E-state index is 13.4. The summed E-state index contributed by atoms with van der Waals surface area (Å²) in [6.45, 7) is 0.115. The van der Waals surface area contributed by atoms with Gasteiger partial charge < -0.3 is 10.6 Å². The smallest absolute Gasteiger partial charge is 0.330 e. The zero-order valence-electron chi connectivity index (χ0n) is 19.2. The van der Waals surface area contributed by atoms with Gasteiger partial charge in [-0.15, -0.1) is 0 Å². The number of H-pyrrole nitrogens is 1. The molecule has 184 valence electrons. The van der Waals surface area contributed by atoms with Crippen LogP contribution in [-0.2, 0) is 21.2 Å². The molecule has 1 saturated carbocycles. The number of benzene rings is 2. The van der Waals surface area contributed by atoms with E-state index in [9.17, 15) is 22.8 Å². The van der Waals surface area contributed by atoms with Crippen molar-refractivity contribution in [3.8, 4) is 0 Å². The first-order valence-corrected chi connectivity index (χ1v) is 13.2. The summed E-state index contributed by atoms with van der Waals surface area (Å²) in [6, 6.07) is 16.8. The number of carbonyl (C=O) groups excluding carboxylic acids is 1. The average molecular weight is 497 g/mol. The van der Waals surface area contributed by atoms with Crippen LogP contribution in [0, 0.1) is 0 Å². The monoisotopic (exact) mass is 496 g/mol. The van der Waals surface area contributed by atoms with Crippen LogP contribution in [0.25, 0.3) is 0 Å². The van der Waals surface area contributed by atoms with Gasteiger partial charge in [-0.1, -0.05) is 61.4 Å². The van der Waals surface area contributed by atoms with Crippen LogP contribution < -0.4 is 21.9 Å². The number of nitrogen functional groups attached to an aromatic ring is 1. The number of nitrogens with one attached hydrogen (secondary N) is 1. The third-order valence-electron chi connectivity index (χ3n) is 6.28. The maximum absolute atomic E-state index is 13.4. The van der Waals surface area contributed by atoms with Gasteiger partial charge in [0.2, 0.25) is 5.91 Å². The topological polar surface area (TPSA) is 135 Å². The lowest BCUT2D eigenvalue weighted by molar-refractivity contribution is -0.118. The molecule has 0 unspecified atom stereocenters. The van der Waals surface area contributed by atoms with E-state index < -0.39 is 32.7 Å². The largest absolute Gasteiger partial charge is 0.383 e. The van der Waals surface area contributed by atoms with Crippen LogP contribution in [0.1, 0.15) is 37.7 Å². The van der Waals surface area contributed by atoms with Gasteiger partial charge in [0.05, 0.1) is 17.2 Å². The van der Waals surface area contributed by atoms with Crippen LogP contribution in [-0.4, -0.2) is 35.7 Å². The van der Waals surface area contributed by atoms with E-state index in [2.05, 4.69) is 4.98 Å². The second kappa shape index (κ2) is 10.3. The number of rotatable bonds is 8. The predicted octanol–water partition coefficient (Wildman–Crippen LogP) is 2.31. The molecule has 1 aromatic heterocycles. The molecule has 1 aliphatic rings. The molecule has 1 fully saturated rings. The lowest BCUT2D eigenvalue weighted by atomic mass is 10.1. The molecule has 1 amide bonds. The highest BCUT2D eigenvalue weighted by atomic mass is 32.2. The zero-order valence-corrected chi connectivity index (χ0v) is 20.0. The number of nitrogens with zero attached hydrogens (tertiary/aromatic N) is 2. The van der Waals surface area contributed by atoms with E-state index in [1.54, 1.807) is 18.2 Å². The summed E-state index contributed by atoms with van der Waals surface area (Å²) < 4.78 is 26.7. The van der Waals surface area contributed by atoms with Crippen LogP contribution in [0.15, 0.2) is 75.1 Å². The molecule has 0 aliphatic heterocycles. The molecule has 0 saturated heterocycles. The van der Waals surface area contributed by atoms with Crippen LogP contribution in [0.3, 0.4) is 0 Å². The Morgan fingerprint density at radius 3 is 2.23 bits per heavy atom. The van der Waals surface area contributed by atoms with Gasteiger partial charge in [0.25, 0.3) is 5.56 Å². The first-order valence-electron chi connectivity index (χ1n) is 11.5. The highest BCUT2D eigenvalue weighted by Crippen LogP contribution is 2.30. The number of hydrogen-bond donors (Lipinski definition) is 2. The summed E-state index contributed by atoms with van der Waals surface area (Å²) in [5.74, 6) is -1.03. The quantitative estimate of drug-likeness (QED) is 0.491. The number of sulfone groups is 1. The Labute approximate surface area is 203 Å². The molecule has 0 atom stereocenters. The average Bonchev–Trinajstić information content (AvgIpc) is 3.38. The number of carbonyl (C=O) groups is 1. The summed E-state index contributed by atoms with van der Waals surface area (Å²) >= 11 is 0. The van der Waals surface area contributed by atoms with Gasteiger partial charge >= 0.3 is 5.69 Å². The molecule has 9 nitrogen and oxygen atoms in total. The number of hydrogen-bond acceptors (Lipinski definition) is 6. The minimum Gasteiger partial charge on any atom is -0.383 e. The predicted molar refractivity (Wildman–Crippen MR) is 134 cm³/mol. The number of anilines is 2. The van der Waals surface area contributed by atoms with Gasteiger partial charge in [-0.3, -0.25) is 19.1 Å². The molecule has 10 heteroatoms. The van der Waals surface area contributed by atoms with Gasteiger partial charge in [0.1, 0.15) is 5.82 Å². The molecular weight excluding hydrogens is 468 g/mol. The lowest BCUT2D eigenvalue weighted by Crippen LogP contribution is -2.46. The van der Waals surface area contributed by atoms with E-state index in [0.717, 1.165) is 18.4 Å². The van der Waals surface area contributed by atoms with E-state index in [-0.39, 0.29) is 35.4 Å². The Balaban J connectivity index is 1.69. The van der Waals surface area contributed by atoms with Crippen LogP contribution in [0.5, 0.6) is 0 Å². The van der Waals surface area contributed by atoms with E-state index in [1.165, 1.54) is 21.6 Å². The van der Waals surface area contributed by atoms with Gasteiger partial charge in [0, 0.05) is 12.5 Å². The van der Waals surface area contributed by atoms with Crippen molar-refractivity contribution >= 4 is 27.2 Å². The summed E-state index contributed by atoms with van der Waals surface area (Å²) in [5.41, 5.74) is 5.60. The van der Waals surface area contributed by atoms with Crippen LogP contribution >= 0.6 is 0 Å². The van der Waals surface area contributed by atoms with Crippen molar-refractivity contribution in [3.05, 3.63) is 87.1 Å². The maximum Gasteiger partial charge on any atom is 0.330 e. The Morgan fingerprint density at radius 1 is 1.00 bits per heavy atom. The Kier molecular flexibility index (Phi) is 7.20. The number of aromatic nitrogens is 2. The Morgan fingerprint density at radius 2 is 1.60 bits per heavy atom. The molecule has 3 N–H and O–H groups in total. The molecule has 35 heavy (non-hydrogen) atoms. The molecule has 0 radical (unpaired) electrons. The van der Waals surface area contributed by atoms with Crippen molar-refractivity contribution in [2.75, 3.05) is 16.4 Å². The van der Waals surface area contributed by atoms with E-state index in [1.807, 2.05) is 30.3 Å². The Bertz CT molecular complexity index is 1410. The minimum absolute atomic E-state index is 0.102. The summed E-state index contributed by atoms with van der Waals surface area (Å²) in [5, 5.41) is 0.